The van der Waals surface area contributed by atoms with E-state index in [4.69, 9.17) is 0 Å². The molecule has 19 heavy (non-hydrogen) atoms. The Balaban J connectivity index is 1.68. The number of amides is 2. The number of likely N-dealkylation sites (tertiary alicyclic amines) is 1. The first-order chi connectivity index (χ1) is 9.21. The molecule has 2 fully saturated rings. The Morgan fingerprint density at radius 2 is 1.89 bits per heavy atom. The minimum Gasteiger partial charge on any atom is -0.356 e. The molecule has 3 heterocycles. The van der Waals surface area contributed by atoms with Gasteiger partial charge in [0.05, 0.1) is 5.41 Å². The first kappa shape index (κ1) is 12.1. The van der Waals surface area contributed by atoms with E-state index in [1.807, 2.05) is 4.90 Å². The summed E-state index contributed by atoms with van der Waals surface area (Å²) >= 11 is 0. The summed E-state index contributed by atoms with van der Waals surface area (Å²) in [5.74, 6) is 0.208. The monoisotopic (exact) mass is 259 g/mol. The quantitative estimate of drug-likeness (QED) is 0.812. The lowest BCUT2D eigenvalue weighted by atomic mass is 9.77. The molecule has 1 N–H and O–H groups in total. The summed E-state index contributed by atoms with van der Waals surface area (Å²) in [6.45, 7) is 2.10. The second-order valence-electron chi connectivity index (χ2n) is 5.31. The SMILES string of the molecule is O=C(c1ccncc1)N1CCC2(CCNC2=O)CC1. The van der Waals surface area contributed by atoms with E-state index in [0.717, 1.165) is 25.8 Å². The van der Waals surface area contributed by atoms with E-state index in [1.165, 1.54) is 0 Å². The number of hydrogen-bond donors (Lipinski definition) is 1. The largest absolute Gasteiger partial charge is 0.356 e. The molecular formula is C14H17N3O2. The summed E-state index contributed by atoms with van der Waals surface area (Å²) < 4.78 is 0. The number of carbonyl (C=O) groups is 2. The van der Waals surface area contributed by atoms with E-state index < -0.39 is 0 Å². The van der Waals surface area contributed by atoms with Crippen molar-refractivity contribution in [3.05, 3.63) is 30.1 Å². The van der Waals surface area contributed by atoms with E-state index in [2.05, 4.69) is 10.3 Å². The van der Waals surface area contributed by atoms with Crippen LogP contribution in [0.15, 0.2) is 24.5 Å². The molecule has 1 aromatic rings. The number of hydrogen-bond acceptors (Lipinski definition) is 3. The fourth-order valence-corrected chi connectivity index (χ4v) is 3.01. The average molecular weight is 259 g/mol. The minimum atomic E-state index is -0.213. The maximum Gasteiger partial charge on any atom is 0.253 e. The number of aromatic nitrogens is 1. The van der Waals surface area contributed by atoms with Crippen molar-refractivity contribution >= 4 is 11.8 Å². The second kappa shape index (κ2) is 4.64. The van der Waals surface area contributed by atoms with Crippen LogP contribution in [0.2, 0.25) is 0 Å². The van der Waals surface area contributed by atoms with Gasteiger partial charge in [0.2, 0.25) is 5.91 Å². The zero-order valence-electron chi connectivity index (χ0n) is 10.8. The van der Waals surface area contributed by atoms with E-state index in [1.54, 1.807) is 24.5 Å². The average Bonchev–Trinajstić information content (AvgIpc) is 2.81. The van der Waals surface area contributed by atoms with Crippen molar-refractivity contribution in [2.75, 3.05) is 19.6 Å². The highest BCUT2D eigenvalue weighted by Gasteiger charge is 2.44. The number of nitrogens with zero attached hydrogens (tertiary/aromatic N) is 2. The molecule has 3 rings (SSSR count). The van der Waals surface area contributed by atoms with Crippen LogP contribution in [0.4, 0.5) is 0 Å². The summed E-state index contributed by atoms with van der Waals surface area (Å²) in [7, 11) is 0. The van der Waals surface area contributed by atoms with Gasteiger partial charge in [-0.15, -0.1) is 0 Å². The van der Waals surface area contributed by atoms with Crippen LogP contribution in [0.5, 0.6) is 0 Å². The lowest BCUT2D eigenvalue weighted by Gasteiger charge is -2.37. The number of piperidine rings is 1. The van der Waals surface area contributed by atoms with Crippen LogP contribution in [-0.2, 0) is 4.79 Å². The molecular weight excluding hydrogens is 242 g/mol. The first-order valence-electron chi connectivity index (χ1n) is 6.69. The van der Waals surface area contributed by atoms with Crippen molar-refractivity contribution in [2.24, 2.45) is 5.41 Å². The number of nitrogens with one attached hydrogen (secondary N) is 1. The van der Waals surface area contributed by atoms with Crippen molar-refractivity contribution in [1.82, 2.24) is 15.2 Å². The maximum atomic E-state index is 12.3. The Morgan fingerprint density at radius 3 is 2.47 bits per heavy atom. The molecule has 100 valence electrons. The fraction of sp³-hybridized carbons (Fsp3) is 0.500. The van der Waals surface area contributed by atoms with Gasteiger partial charge in [-0.3, -0.25) is 14.6 Å². The van der Waals surface area contributed by atoms with Crippen molar-refractivity contribution in [3.63, 3.8) is 0 Å². The molecule has 1 aromatic heterocycles. The molecule has 2 amide bonds. The Labute approximate surface area is 112 Å². The summed E-state index contributed by atoms with van der Waals surface area (Å²) in [4.78, 5) is 29.9. The third-order valence-electron chi connectivity index (χ3n) is 4.31. The van der Waals surface area contributed by atoms with Gasteiger partial charge in [0.15, 0.2) is 0 Å². The number of rotatable bonds is 1. The van der Waals surface area contributed by atoms with Gasteiger partial charge in [-0.05, 0) is 31.4 Å². The van der Waals surface area contributed by atoms with E-state index in [0.29, 0.717) is 18.7 Å². The zero-order chi connectivity index (χ0) is 13.3. The third kappa shape index (κ3) is 2.09. The van der Waals surface area contributed by atoms with Gasteiger partial charge in [0.25, 0.3) is 5.91 Å². The molecule has 2 aliphatic heterocycles. The summed E-state index contributed by atoms with van der Waals surface area (Å²) in [6.07, 6.45) is 5.71. The van der Waals surface area contributed by atoms with Crippen LogP contribution >= 0.6 is 0 Å². The maximum absolute atomic E-state index is 12.3. The van der Waals surface area contributed by atoms with E-state index in [-0.39, 0.29) is 17.2 Å². The van der Waals surface area contributed by atoms with Crippen molar-refractivity contribution in [3.8, 4) is 0 Å². The van der Waals surface area contributed by atoms with Crippen LogP contribution in [0.1, 0.15) is 29.6 Å². The highest BCUT2D eigenvalue weighted by atomic mass is 16.2. The lowest BCUT2D eigenvalue weighted by molar-refractivity contribution is -0.129. The van der Waals surface area contributed by atoms with Crippen molar-refractivity contribution < 1.29 is 9.59 Å². The fourth-order valence-electron chi connectivity index (χ4n) is 3.01. The van der Waals surface area contributed by atoms with Crippen LogP contribution in [0.25, 0.3) is 0 Å². The van der Waals surface area contributed by atoms with Gasteiger partial charge in [-0.1, -0.05) is 0 Å². The van der Waals surface area contributed by atoms with Gasteiger partial charge in [0.1, 0.15) is 0 Å². The minimum absolute atomic E-state index is 0.0376. The number of pyridine rings is 1. The lowest BCUT2D eigenvalue weighted by Crippen LogP contribution is -2.46. The highest BCUT2D eigenvalue weighted by Crippen LogP contribution is 2.38. The molecule has 2 saturated heterocycles. The van der Waals surface area contributed by atoms with Gasteiger partial charge < -0.3 is 10.2 Å². The predicted octanol–water partition coefficient (Wildman–Crippen LogP) is 0.824. The molecule has 5 nitrogen and oxygen atoms in total. The standard InChI is InChI=1S/C14H17N3O2/c18-12(11-1-6-15-7-2-11)17-9-4-14(5-10-17)3-8-16-13(14)19/h1-2,6-7H,3-5,8-10H2,(H,16,19). The topological polar surface area (TPSA) is 62.3 Å². The molecule has 0 aromatic carbocycles. The smallest absolute Gasteiger partial charge is 0.253 e. The molecule has 0 bridgehead atoms. The van der Waals surface area contributed by atoms with E-state index >= 15 is 0 Å². The van der Waals surface area contributed by atoms with Gasteiger partial charge >= 0.3 is 0 Å². The molecule has 0 aliphatic carbocycles. The van der Waals surface area contributed by atoms with Crippen LogP contribution < -0.4 is 5.32 Å². The normalized spacial score (nSPS) is 21.5. The molecule has 5 heteroatoms. The summed E-state index contributed by atoms with van der Waals surface area (Å²) in [5, 5.41) is 2.91. The van der Waals surface area contributed by atoms with Crippen LogP contribution in [-0.4, -0.2) is 41.3 Å². The Morgan fingerprint density at radius 1 is 1.21 bits per heavy atom. The van der Waals surface area contributed by atoms with Crippen LogP contribution in [0, 0.1) is 5.41 Å². The Bertz CT molecular complexity index is 493. The summed E-state index contributed by atoms with van der Waals surface area (Å²) in [6, 6.07) is 3.46. The zero-order valence-corrected chi connectivity index (χ0v) is 10.8. The molecule has 0 radical (unpaired) electrons. The Kier molecular flexibility index (Phi) is 2.97. The molecule has 0 saturated carbocycles. The third-order valence-corrected chi connectivity index (χ3v) is 4.31. The van der Waals surface area contributed by atoms with Crippen molar-refractivity contribution in [2.45, 2.75) is 19.3 Å². The van der Waals surface area contributed by atoms with Gasteiger partial charge in [-0.25, -0.2) is 0 Å². The van der Waals surface area contributed by atoms with E-state index in [9.17, 15) is 9.59 Å². The predicted molar refractivity (Wildman–Crippen MR) is 69.4 cm³/mol. The number of carbonyl (C=O) groups excluding carboxylic acids is 2. The molecule has 1 spiro atoms. The Hall–Kier alpha value is -1.91. The van der Waals surface area contributed by atoms with Crippen molar-refractivity contribution in [1.29, 1.82) is 0 Å². The highest BCUT2D eigenvalue weighted by molar-refractivity contribution is 5.94. The second-order valence-corrected chi connectivity index (χ2v) is 5.31. The molecule has 0 atom stereocenters. The molecule has 2 aliphatic rings. The van der Waals surface area contributed by atoms with Crippen LogP contribution in [0.3, 0.4) is 0 Å². The van der Waals surface area contributed by atoms with Gasteiger partial charge in [0, 0.05) is 37.6 Å². The van der Waals surface area contributed by atoms with Gasteiger partial charge in [-0.2, -0.15) is 0 Å². The molecule has 0 unspecified atom stereocenters. The first-order valence-corrected chi connectivity index (χ1v) is 6.69. The summed E-state index contributed by atoms with van der Waals surface area (Å²) in [5.41, 5.74) is 0.455.